The number of nitrogens with one attached hydrogen (secondary N) is 1. The van der Waals surface area contributed by atoms with E-state index in [-0.39, 0.29) is 11.8 Å². The molecule has 17 heavy (non-hydrogen) atoms. The maximum absolute atomic E-state index is 11.6. The van der Waals surface area contributed by atoms with Gasteiger partial charge in [-0.15, -0.1) is 11.3 Å². The molecule has 1 N–H and O–H groups in total. The maximum atomic E-state index is 11.6. The number of anilines is 1. The van der Waals surface area contributed by atoms with Gasteiger partial charge in [-0.2, -0.15) is 0 Å². The van der Waals surface area contributed by atoms with E-state index >= 15 is 0 Å². The largest absolute Gasteiger partial charge is 0.302 e. The molecule has 1 amide bonds. The lowest BCUT2D eigenvalue weighted by atomic mass is 10.2. The highest BCUT2D eigenvalue weighted by molar-refractivity contribution is 7.15. The Morgan fingerprint density at radius 3 is 3.00 bits per heavy atom. The van der Waals surface area contributed by atoms with Crippen molar-refractivity contribution >= 4 is 22.4 Å². The van der Waals surface area contributed by atoms with Crippen LogP contribution in [-0.2, 0) is 17.8 Å². The number of likely N-dealkylation sites (N-methyl/N-ethyl adjacent to an activating group) is 1. The molecule has 0 bridgehead atoms. The third-order valence-corrected chi connectivity index (χ3v) is 4.01. The molecule has 0 saturated carbocycles. The van der Waals surface area contributed by atoms with E-state index in [1.807, 2.05) is 13.8 Å². The zero-order valence-corrected chi connectivity index (χ0v) is 11.4. The van der Waals surface area contributed by atoms with Gasteiger partial charge in [-0.3, -0.25) is 9.69 Å². The first-order valence-corrected chi connectivity index (χ1v) is 6.93. The van der Waals surface area contributed by atoms with E-state index in [0.717, 1.165) is 31.2 Å². The van der Waals surface area contributed by atoms with Crippen molar-refractivity contribution in [2.24, 2.45) is 5.92 Å². The molecule has 1 aliphatic heterocycles. The molecule has 0 atom stereocenters. The first-order valence-electron chi connectivity index (χ1n) is 6.12. The predicted octanol–water partition coefficient (Wildman–Crippen LogP) is 2.12. The lowest BCUT2D eigenvalue weighted by Gasteiger charge is -2.23. The highest BCUT2D eigenvalue weighted by atomic mass is 32.1. The van der Waals surface area contributed by atoms with Gasteiger partial charge in [0.2, 0.25) is 5.91 Å². The van der Waals surface area contributed by atoms with Gasteiger partial charge in [0, 0.05) is 30.3 Å². The molecule has 94 valence electrons. The molecule has 1 aromatic rings. The summed E-state index contributed by atoms with van der Waals surface area (Å²) >= 11 is 1.62. The lowest BCUT2D eigenvalue weighted by Crippen LogP contribution is -2.29. The highest BCUT2D eigenvalue weighted by Gasteiger charge is 2.20. The molecule has 4 nitrogen and oxygen atoms in total. The number of rotatable bonds is 3. The van der Waals surface area contributed by atoms with E-state index in [9.17, 15) is 4.79 Å². The second-order valence-electron chi connectivity index (χ2n) is 4.65. The molecule has 0 unspecified atom stereocenters. The molecule has 0 saturated heterocycles. The SMILES string of the molecule is CCN1CCc2nc(NC(=O)C(C)C)sc2C1. The Kier molecular flexibility index (Phi) is 3.79. The van der Waals surface area contributed by atoms with Crippen molar-refractivity contribution in [2.75, 3.05) is 18.4 Å². The molecule has 0 aromatic carbocycles. The van der Waals surface area contributed by atoms with Gasteiger partial charge in [0.15, 0.2) is 5.13 Å². The molecule has 2 heterocycles. The van der Waals surface area contributed by atoms with Gasteiger partial charge < -0.3 is 5.32 Å². The topological polar surface area (TPSA) is 45.2 Å². The van der Waals surface area contributed by atoms with Gasteiger partial charge in [0.25, 0.3) is 0 Å². The fraction of sp³-hybridized carbons (Fsp3) is 0.667. The zero-order chi connectivity index (χ0) is 12.4. The molecule has 1 aliphatic rings. The van der Waals surface area contributed by atoms with Gasteiger partial charge in [-0.25, -0.2) is 4.98 Å². The van der Waals surface area contributed by atoms with E-state index < -0.39 is 0 Å². The average molecular weight is 253 g/mol. The van der Waals surface area contributed by atoms with Crippen LogP contribution in [0.5, 0.6) is 0 Å². The summed E-state index contributed by atoms with van der Waals surface area (Å²) in [5.74, 6) is 0.0477. The molecular weight excluding hydrogens is 234 g/mol. The number of hydrogen-bond acceptors (Lipinski definition) is 4. The van der Waals surface area contributed by atoms with Crippen molar-refractivity contribution in [1.29, 1.82) is 0 Å². The third kappa shape index (κ3) is 2.84. The average Bonchev–Trinajstić information content (AvgIpc) is 2.69. The standard InChI is InChI=1S/C12H19N3OS/c1-4-15-6-5-9-10(7-15)17-12(13-9)14-11(16)8(2)3/h8H,4-7H2,1-3H3,(H,13,14,16). The summed E-state index contributed by atoms with van der Waals surface area (Å²) in [7, 11) is 0. The number of carbonyl (C=O) groups excluding carboxylic acids is 1. The van der Waals surface area contributed by atoms with Crippen LogP contribution in [0.2, 0.25) is 0 Å². The second kappa shape index (κ2) is 5.14. The van der Waals surface area contributed by atoms with Crippen molar-refractivity contribution in [3.05, 3.63) is 10.6 Å². The summed E-state index contributed by atoms with van der Waals surface area (Å²) in [6.45, 7) is 9.08. The van der Waals surface area contributed by atoms with Gasteiger partial charge in [-0.1, -0.05) is 20.8 Å². The van der Waals surface area contributed by atoms with E-state index in [0.29, 0.717) is 0 Å². The van der Waals surface area contributed by atoms with Crippen molar-refractivity contribution in [3.8, 4) is 0 Å². The summed E-state index contributed by atoms with van der Waals surface area (Å²) in [6, 6.07) is 0. The van der Waals surface area contributed by atoms with Crippen molar-refractivity contribution in [1.82, 2.24) is 9.88 Å². The first-order chi connectivity index (χ1) is 8.10. The van der Waals surface area contributed by atoms with E-state index in [4.69, 9.17) is 0 Å². The van der Waals surface area contributed by atoms with Crippen LogP contribution in [0.25, 0.3) is 0 Å². The van der Waals surface area contributed by atoms with E-state index in [1.54, 1.807) is 11.3 Å². The van der Waals surface area contributed by atoms with Gasteiger partial charge in [-0.05, 0) is 6.54 Å². The monoisotopic (exact) mass is 253 g/mol. The summed E-state index contributed by atoms with van der Waals surface area (Å²) in [5.41, 5.74) is 1.17. The summed E-state index contributed by atoms with van der Waals surface area (Å²) in [6.07, 6.45) is 0.997. The summed E-state index contributed by atoms with van der Waals surface area (Å²) in [5, 5.41) is 3.64. The molecule has 0 aliphatic carbocycles. The van der Waals surface area contributed by atoms with Crippen LogP contribution in [-0.4, -0.2) is 28.9 Å². The molecule has 0 radical (unpaired) electrons. The van der Waals surface area contributed by atoms with E-state index in [1.165, 1.54) is 10.6 Å². The Hall–Kier alpha value is -0.940. The molecule has 0 fully saturated rings. The highest BCUT2D eigenvalue weighted by Crippen LogP contribution is 2.28. The summed E-state index contributed by atoms with van der Waals surface area (Å²) < 4.78 is 0. The van der Waals surface area contributed by atoms with Crippen LogP contribution in [0.1, 0.15) is 31.3 Å². The Morgan fingerprint density at radius 2 is 2.35 bits per heavy atom. The van der Waals surface area contributed by atoms with Crippen LogP contribution in [0.3, 0.4) is 0 Å². The quantitative estimate of drug-likeness (QED) is 0.897. The minimum atomic E-state index is 0.00284. The number of amides is 1. The lowest BCUT2D eigenvalue weighted by molar-refractivity contribution is -0.118. The summed E-state index contributed by atoms with van der Waals surface area (Å²) in [4.78, 5) is 19.8. The fourth-order valence-electron chi connectivity index (χ4n) is 1.82. The minimum Gasteiger partial charge on any atom is -0.302 e. The smallest absolute Gasteiger partial charge is 0.228 e. The third-order valence-electron chi connectivity index (χ3n) is 3.01. The number of thiazole rings is 1. The number of aromatic nitrogens is 1. The zero-order valence-electron chi connectivity index (χ0n) is 10.6. The fourth-order valence-corrected chi connectivity index (χ4v) is 2.87. The molecule has 5 heteroatoms. The van der Waals surface area contributed by atoms with Crippen LogP contribution in [0.4, 0.5) is 5.13 Å². The maximum Gasteiger partial charge on any atom is 0.228 e. The normalized spacial score (nSPS) is 16.0. The molecule has 0 spiro atoms. The number of nitrogens with zero attached hydrogens (tertiary/aromatic N) is 2. The van der Waals surface area contributed by atoms with Crippen LogP contribution in [0, 0.1) is 5.92 Å². The number of carbonyl (C=O) groups is 1. The Morgan fingerprint density at radius 1 is 1.59 bits per heavy atom. The van der Waals surface area contributed by atoms with Crippen molar-refractivity contribution in [2.45, 2.75) is 33.7 Å². The first kappa shape index (κ1) is 12.5. The Labute approximate surface area is 106 Å². The molecular formula is C12H19N3OS. The minimum absolute atomic E-state index is 0.00284. The van der Waals surface area contributed by atoms with Crippen LogP contribution >= 0.6 is 11.3 Å². The Bertz CT molecular complexity index is 414. The Balaban J connectivity index is 2.08. The molecule has 1 aromatic heterocycles. The number of hydrogen-bond donors (Lipinski definition) is 1. The van der Waals surface area contributed by atoms with Gasteiger partial charge in [0.1, 0.15) is 0 Å². The van der Waals surface area contributed by atoms with Gasteiger partial charge >= 0.3 is 0 Å². The predicted molar refractivity (Wildman–Crippen MR) is 70.2 cm³/mol. The van der Waals surface area contributed by atoms with Crippen molar-refractivity contribution in [3.63, 3.8) is 0 Å². The van der Waals surface area contributed by atoms with Crippen LogP contribution in [0.15, 0.2) is 0 Å². The van der Waals surface area contributed by atoms with Gasteiger partial charge in [0.05, 0.1) is 5.69 Å². The van der Waals surface area contributed by atoms with Crippen LogP contribution < -0.4 is 5.32 Å². The van der Waals surface area contributed by atoms with Crippen molar-refractivity contribution < 1.29 is 4.79 Å². The molecule has 2 rings (SSSR count). The number of fused-ring (bicyclic) bond motifs is 1. The second-order valence-corrected chi connectivity index (χ2v) is 5.74. The van der Waals surface area contributed by atoms with E-state index in [2.05, 4.69) is 22.1 Å².